The van der Waals surface area contributed by atoms with Crippen molar-refractivity contribution in [2.45, 2.75) is 33.1 Å². The topological polar surface area (TPSA) is 64.9 Å². The molecule has 18 heavy (non-hydrogen) atoms. The van der Waals surface area contributed by atoms with Gasteiger partial charge in [0, 0.05) is 12.8 Å². The lowest BCUT2D eigenvalue weighted by Crippen LogP contribution is -2.00. The summed E-state index contributed by atoms with van der Waals surface area (Å²) in [5, 5.41) is 3.99. The Kier molecular flexibility index (Phi) is 4.10. The Hall–Kier alpha value is -1.68. The van der Waals surface area contributed by atoms with Crippen molar-refractivity contribution in [3.05, 3.63) is 46.6 Å². The van der Waals surface area contributed by atoms with Crippen LogP contribution in [0.4, 0.5) is 0 Å². The highest BCUT2D eigenvalue weighted by Crippen LogP contribution is 2.13. The van der Waals surface area contributed by atoms with Gasteiger partial charge >= 0.3 is 0 Å². The zero-order valence-electron chi connectivity index (χ0n) is 10.9. The molecule has 0 amide bonds. The van der Waals surface area contributed by atoms with Crippen molar-refractivity contribution in [1.29, 1.82) is 0 Å². The Morgan fingerprint density at radius 3 is 2.78 bits per heavy atom. The fourth-order valence-electron chi connectivity index (χ4n) is 1.81. The van der Waals surface area contributed by atoms with E-state index in [1.165, 1.54) is 16.7 Å². The summed E-state index contributed by atoms with van der Waals surface area (Å²) in [4.78, 5) is 4.36. The summed E-state index contributed by atoms with van der Waals surface area (Å²) in [7, 11) is 0. The highest BCUT2D eigenvalue weighted by molar-refractivity contribution is 5.31. The van der Waals surface area contributed by atoms with E-state index in [-0.39, 0.29) is 0 Å². The van der Waals surface area contributed by atoms with Crippen LogP contribution >= 0.6 is 0 Å². The van der Waals surface area contributed by atoms with E-state index in [4.69, 9.17) is 10.3 Å². The van der Waals surface area contributed by atoms with Gasteiger partial charge in [-0.25, -0.2) is 0 Å². The van der Waals surface area contributed by atoms with Gasteiger partial charge in [0.1, 0.15) is 0 Å². The van der Waals surface area contributed by atoms with Crippen LogP contribution in [-0.4, -0.2) is 16.7 Å². The highest BCUT2D eigenvalue weighted by Gasteiger charge is 2.07. The molecule has 1 aromatic heterocycles. The van der Waals surface area contributed by atoms with Crippen molar-refractivity contribution in [2.24, 2.45) is 5.73 Å². The average Bonchev–Trinajstić information content (AvgIpc) is 2.79. The van der Waals surface area contributed by atoms with Crippen molar-refractivity contribution in [1.82, 2.24) is 10.1 Å². The van der Waals surface area contributed by atoms with E-state index in [1.807, 2.05) is 0 Å². The van der Waals surface area contributed by atoms with Crippen LogP contribution in [0.1, 0.15) is 34.8 Å². The summed E-state index contributed by atoms with van der Waals surface area (Å²) < 4.78 is 5.18. The maximum atomic E-state index is 5.45. The van der Waals surface area contributed by atoms with Crippen molar-refractivity contribution in [3.8, 4) is 0 Å². The van der Waals surface area contributed by atoms with Gasteiger partial charge in [0.05, 0.1) is 0 Å². The molecule has 0 aliphatic heterocycles. The number of nitrogens with zero attached hydrogens (tertiary/aromatic N) is 2. The molecule has 2 rings (SSSR count). The van der Waals surface area contributed by atoms with Gasteiger partial charge in [-0.1, -0.05) is 23.4 Å². The molecular formula is C14H19N3O. The molecule has 0 bridgehead atoms. The maximum absolute atomic E-state index is 5.45. The van der Waals surface area contributed by atoms with E-state index >= 15 is 0 Å². The van der Waals surface area contributed by atoms with Crippen LogP contribution in [-0.2, 0) is 12.8 Å². The predicted molar refractivity (Wildman–Crippen MR) is 70.4 cm³/mol. The molecule has 4 nitrogen and oxygen atoms in total. The van der Waals surface area contributed by atoms with Gasteiger partial charge in [-0.15, -0.1) is 0 Å². The molecule has 0 radical (unpaired) electrons. The van der Waals surface area contributed by atoms with Crippen LogP contribution in [0.25, 0.3) is 0 Å². The SMILES string of the molecule is Cc1ccc(Cc2noc(CCCN)n2)cc1C. The van der Waals surface area contributed by atoms with Gasteiger partial charge in [-0.2, -0.15) is 4.98 Å². The zero-order valence-corrected chi connectivity index (χ0v) is 10.9. The fourth-order valence-corrected chi connectivity index (χ4v) is 1.81. The summed E-state index contributed by atoms with van der Waals surface area (Å²) >= 11 is 0. The Labute approximate surface area is 107 Å². The molecule has 2 N–H and O–H groups in total. The first-order chi connectivity index (χ1) is 8.69. The summed E-state index contributed by atoms with van der Waals surface area (Å²) in [5.74, 6) is 1.42. The first kappa shape index (κ1) is 12.8. The second kappa shape index (κ2) is 5.78. The second-order valence-corrected chi connectivity index (χ2v) is 4.59. The van der Waals surface area contributed by atoms with E-state index in [0.29, 0.717) is 18.9 Å². The molecule has 0 atom stereocenters. The standard InChI is InChI=1S/C14H19N3O/c1-10-5-6-12(8-11(10)2)9-13-16-14(18-17-13)4-3-7-15/h5-6,8H,3-4,7,9,15H2,1-2H3. The minimum absolute atomic E-state index is 0.648. The number of nitrogens with two attached hydrogens (primary N) is 1. The number of aromatic nitrogens is 2. The monoisotopic (exact) mass is 245 g/mol. The van der Waals surface area contributed by atoms with E-state index in [2.05, 4.69) is 42.2 Å². The Balaban J connectivity index is 2.04. The largest absolute Gasteiger partial charge is 0.339 e. The maximum Gasteiger partial charge on any atom is 0.226 e. The number of aryl methyl sites for hydroxylation is 3. The zero-order chi connectivity index (χ0) is 13.0. The summed E-state index contributed by atoms with van der Waals surface area (Å²) in [6.07, 6.45) is 2.36. The molecule has 4 heteroatoms. The van der Waals surface area contributed by atoms with Gasteiger partial charge in [-0.3, -0.25) is 0 Å². The predicted octanol–water partition coefficient (Wildman–Crippen LogP) is 2.17. The van der Waals surface area contributed by atoms with Crippen LogP contribution in [0.5, 0.6) is 0 Å². The third-order valence-electron chi connectivity index (χ3n) is 3.04. The molecule has 0 fully saturated rings. The normalized spacial score (nSPS) is 10.8. The summed E-state index contributed by atoms with van der Waals surface area (Å²) in [6.45, 7) is 4.87. The molecule has 1 heterocycles. The van der Waals surface area contributed by atoms with E-state index in [0.717, 1.165) is 18.7 Å². The number of hydrogen-bond donors (Lipinski definition) is 1. The Bertz CT molecular complexity index is 520. The highest BCUT2D eigenvalue weighted by atomic mass is 16.5. The minimum atomic E-state index is 0.648. The van der Waals surface area contributed by atoms with Crippen molar-refractivity contribution in [3.63, 3.8) is 0 Å². The van der Waals surface area contributed by atoms with E-state index in [9.17, 15) is 0 Å². The van der Waals surface area contributed by atoms with Crippen LogP contribution in [0, 0.1) is 13.8 Å². The first-order valence-electron chi connectivity index (χ1n) is 6.26. The van der Waals surface area contributed by atoms with Gasteiger partial charge in [-0.05, 0) is 43.5 Å². The Morgan fingerprint density at radius 2 is 2.06 bits per heavy atom. The third-order valence-corrected chi connectivity index (χ3v) is 3.04. The molecule has 0 spiro atoms. The smallest absolute Gasteiger partial charge is 0.226 e. The molecule has 0 aliphatic rings. The molecule has 2 aromatic rings. The van der Waals surface area contributed by atoms with Crippen LogP contribution in [0.3, 0.4) is 0 Å². The average molecular weight is 245 g/mol. The third kappa shape index (κ3) is 3.17. The van der Waals surface area contributed by atoms with Crippen molar-refractivity contribution in [2.75, 3.05) is 6.54 Å². The molecule has 0 saturated heterocycles. The van der Waals surface area contributed by atoms with Gasteiger partial charge in [0.25, 0.3) is 0 Å². The molecular weight excluding hydrogens is 226 g/mol. The lowest BCUT2D eigenvalue weighted by Gasteiger charge is -2.02. The first-order valence-corrected chi connectivity index (χ1v) is 6.26. The number of rotatable bonds is 5. The van der Waals surface area contributed by atoms with Crippen molar-refractivity contribution >= 4 is 0 Å². The van der Waals surface area contributed by atoms with Crippen LogP contribution in [0.2, 0.25) is 0 Å². The van der Waals surface area contributed by atoms with E-state index < -0.39 is 0 Å². The molecule has 0 unspecified atom stereocenters. The minimum Gasteiger partial charge on any atom is -0.339 e. The molecule has 1 aromatic carbocycles. The lowest BCUT2D eigenvalue weighted by atomic mass is 10.0. The van der Waals surface area contributed by atoms with Crippen molar-refractivity contribution < 1.29 is 4.52 Å². The molecule has 0 saturated carbocycles. The fraction of sp³-hybridized carbons (Fsp3) is 0.429. The number of hydrogen-bond acceptors (Lipinski definition) is 4. The van der Waals surface area contributed by atoms with Crippen LogP contribution < -0.4 is 5.73 Å². The summed E-state index contributed by atoms with van der Waals surface area (Å²) in [6, 6.07) is 6.41. The number of benzene rings is 1. The van der Waals surface area contributed by atoms with Gasteiger partial charge in [0.15, 0.2) is 5.82 Å². The quantitative estimate of drug-likeness (QED) is 0.876. The Morgan fingerprint density at radius 1 is 1.22 bits per heavy atom. The lowest BCUT2D eigenvalue weighted by molar-refractivity contribution is 0.371. The molecule has 0 aliphatic carbocycles. The van der Waals surface area contributed by atoms with Gasteiger partial charge in [0.2, 0.25) is 5.89 Å². The second-order valence-electron chi connectivity index (χ2n) is 4.59. The van der Waals surface area contributed by atoms with Gasteiger partial charge < -0.3 is 10.3 Å². The van der Waals surface area contributed by atoms with Crippen LogP contribution in [0.15, 0.2) is 22.7 Å². The summed E-state index contributed by atoms with van der Waals surface area (Å²) in [5.41, 5.74) is 9.25. The molecule has 96 valence electrons. The van der Waals surface area contributed by atoms with E-state index in [1.54, 1.807) is 0 Å².